The molecule has 1 aromatic rings. The van der Waals surface area contributed by atoms with Crippen LogP contribution in [0.2, 0.25) is 0 Å². The molecule has 2 heterocycles. The van der Waals surface area contributed by atoms with Crippen LogP contribution in [0.4, 0.5) is 0 Å². The second-order valence-corrected chi connectivity index (χ2v) is 6.78. The van der Waals surface area contributed by atoms with E-state index in [0.717, 1.165) is 44.8 Å². The first-order chi connectivity index (χ1) is 10.1. The standard InChI is InChI=1S/C15H26N4O2/c1-11(2)9-19-14(17-10-18-19)8-16-12-7-13(20)15(12)3-5-21-6-4-15/h10-13,16,20H,3-9H2,1-2H3/t12-,13-/m1/s1. The first-order valence-electron chi connectivity index (χ1n) is 7.98. The lowest BCUT2D eigenvalue weighted by Gasteiger charge is -2.55. The zero-order valence-corrected chi connectivity index (χ0v) is 13.0. The fraction of sp³-hybridized carbons (Fsp3) is 0.867. The van der Waals surface area contributed by atoms with Crippen molar-refractivity contribution in [3.8, 4) is 0 Å². The molecule has 6 heteroatoms. The van der Waals surface area contributed by atoms with Gasteiger partial charge in [-0.25, -0.2) is 9.67 Å². The van der Waals surface area contributed by atoms with Crippen LogP contribution in [0.5, 0.6) is 0 Å². The highest BCUT2D eigenvalue weighted by molar-refractivity contribution is 5.08. The lowest BCUT2D eigenvalue weighted by atomic mass is 9.58. The minimum atomic E-state index is -0.188. The summed E-state index contributed by atoms with van der Waals surface area (Å²) in [5, 5.41) is 18.1. The Morgan fingerprint density at radius 2 is 2.24 bits per heavy atom. The zero-order valence-electron chi connectivity index (χ0n) is 13.0. The molecule has 3 rings (SSSR count). The second kappa shape index (κ2) is 6.02. The van der Waals surface area contributed by atoms with E-state index >= 15 is 0 Å². The molecule has 2 fully saturated rings. The Hall–Kier alpha value is -0.980. The van der Waals surface area contributed by atoms with Crippen LogP contribution in [0, 0.1) is 11.3 Å². The van der Waals surface area contributed by atoms with Gasteiger partial charge in [-0.2, -0.15) is 5.10 Å². The Bertz CT molecular complexity index is 468. The number of aliphatic hydroxyl groups is 1. The van der Waals surface area contributed by atoms with Crippen LogP contribution in [-0.4, -0.2) is 45.2 Å². The number of nitrogens with zero attached hydrogens (tertiary/aromatic N) is 3. The van der Waals surface area contributed by atoms with Crippen LogP contribution in [0.3, 0.4) is 0 Å². The molecule has 1 spiro atoms. The first-order valence-corrected chi connectivity index (χ1v) is 7.98. The summed E-state index contributed by atoms with van der Waals surface area (Å²) in [7, 11) is 0. The summed E-state index contributed by atoms with van der Waals surface area (Å²) in [4.78, 5) is 4.35. The molecule has 1 aromatic heterocycles. The molecule has 0 bridgehead atoms. The number of hydrogen-bond acceptors (Lipinski definition) is 5. The van der Waals surface area contributed by atoms with Crippen molar-refractivity contribution in [2.75, 3.05) is 13.2 Å². The molecule has 2 atom stereocenters. The number of nitrogens with one attached hydrogen (secondary N) is 1. The Kier molecular flexibility index (Phi) is 4.28. The summed E-state index contributed by atoms with van der Waals surface area (Å²) in [5.41, 5.74) is 0.0150. The van der Waals surface area contributed by atoms with Gasteiger partial charge in [-0.1, -0.05) is 13.8 Å². The summed E-state index contributed by atoms with van der Waals surface area (Å²) in [6.45, 7) is 7.49. The molecule has 0 aromatic carbocycles. The predicted octanol–water partition coefficient (Wildman–Crippen LogP) is 0.954. The Morgan fingerprint density at radius 3 is 2.90 bits per heavy atom. The van der Waals surface area contributed by atoms with Crippen LogP contribution < -0.4 is 5.32 Å². The van der Waals surface area contributed by atoms with E-state index in [4.69, 9.17) is 4.74 Å². The lowest BCUT2D eigenvalue weighted by Crippen LogP contribution is -2.64. The highest BCUT2D eigenvalue weighted by atomic mass is 16.5. The maximum absolute atomic E-state index is 10.2. The first kappa shape index (κ1) is 14.9. The van der Waals surface area contributed by atoms with Gasteiger partial charge in [0.05, 0.1) is 12.6 Å². The largest absolute Gasteiger partial charge is 0.392 e. The summed E-state index contributed by atoms with van der Waals surface area (Å²) < 4.78 is 7.42. The Morgan fingerprint density at radius 1 is 1.48 bits per heavy atom. The molecule has 6 nitrogen and oxygen atoms in total. The minimum Gasteiger partial charge on any atom is -0.392 e. The third kappa shape index (κ3) is 2.84. The average molecular weight is 294 g/mol. The third-order valence-electron chi connectivity index (χ3n) is 4.98. The van der Waals surface area contributed by atoms with E-state index in [1.54, 1.807) is 6.33 Å². The smallest absolute Gasteiger partial charge is 0.140 e. The second-order valence-electron chi connectivity index (χ2n) is 6.78. The Labute approximate surface area is 125 Å². The van der Waals surface area contributed by atoms with Gasteiger partial charge in [0, 0.05) is 31.2 Å². The fourth-order valence-corrected chi connectivity index (χ4v) is 3.62. The molecule has 21 heavy (non-hydrogen) atoms. The highest BCUT2D eigenvalue weighted by Crippen LogP contribution is 2.48. The Balaban J connectivity index is 1.59. The summed E-state index contributed by atoms with van der Waals surface area (Å²) in [6, 6.07) is 0.362. The normalized spacial score (nSPS) is 28.0. The summed E-state index contributed by atoms with van der Waals surface area (Å²) in [6.07, 6.45) is 4.17. The van der Waals surface area contributed by atoms with Crippen molar-refractivity contribution >= 4 is 0 Å². The molecule has 0 unspecified atom stereocenters. The maximum atomic E-state index is 10.2. The van der Waals surface area contributed by atoms with Crippen molar-refractivity contribution in [2.45, 2.75) is 58.3 Å². The molecule has 0 amide bonds. The van der Waals surface area contributed by atoms with Crippen LogP contribution in [0.25, 0.3) is 0 Å². The number of ether oxygens (including phenoxy) is 1. The van der Waals surface area contributed by atoms with Crippen molar-refractivity contribution in [2.24, 2.45) is 11.3 Å². The molecule has 2 N–H and O–H groups in total. The average Bonchev–Trinajstić information content (AvgIpc) is 2.90. The van der Waals surface area contributed by atoms with Crippen LogP contribution in [0.15, 0.2) is 6.33 Å². The van der Waals surface area contributed by atoms with Crippen LogP contribution >= 0.6 is 0 Å². The predicted molar refractivity (Wildman–Crippen MR) is 78.6 cm³/mol. The van der Waals surface area contributed by atoms with E-state index in [1.807, 2.05) is 4.68 Å². The minimum absolute atomic E-state index is 0.0150. The summed E-state index contributed by atoms with van der Waals surface area (Å²) >= 11 is 0. The van der Waals surface area contributed by atoms with E-state index in [-0.39, 0.29) is 11.5 Å². The third-order valence-corrected chi connectivity index (χ3v) is 4.98. The van der Waals surface area contributed by atoms with Gasteiger partial charge in [0.25, 0.3) is 0 Å². The van der Waals surface area contributed by atoms with Crippen LogP contribution in [-0.2, 0) is 17.8 Å². The lowest BCUT2D eigenvalue weighted by molar-refractivity contribution is -0.149. The van der Waals surface area contributed by atoms with Gasteiger partial charge in [-0.3, -0.25) is 0 Å². The molecule has 1 saturated carbocycles. The molecule has 1 aliphatic heterocycles. The van der Waals surface area contributed by atoms with Crippen molar-refractivity contribution in [1.29, 1.82) is 0 Å². The molecular formula is C15H26N4O2. The molecular weight excluding hydrogens is 268 g/mol. The molecule has 118 valence electrons. The van der Waals surface area contributed by atoms with Crippen molar-refractivity contribution in [3.05, 3.63) is 12.2 Å². The van der Waals surface area contributed by atoms with E-state index < -0.39 is 0 Å². The fourth-order valence-electron chi connectivity index (χ4n) is 3.62. The monoisotopic (exact) mass is 294 g/mol. The van der Waals surface area contributed by atoms with Gasteiger partial charge < -0.3 is 15.2 Å². The summed E-state index contributed by atoms with van der Waals surface area (Å²) in [5.74, 6) is 1.53. The topological polar surface area (TPSA) is 72.2 Å². The maximum Gasteiger partial charge on any atom is 0.140 e. The van der Waals surface area contributed by atoms with Crippen LogP contribution in [0.1, 0.15) is 38.9 Å². The van der Waals surface area contributed by atoms with Gasteiger partial charge in [0.2, 0.25) is 0 Å². The van der Waals surface area contributed by atoms with Gasteiger partial charge >= 0.3 is 0 Å². The van der Waals surface area contributed by atoms with E-state index in [2.05, 4.69) is 29.2 Å². The zero-order chi connectivity index (χ0) is 14.9. The van der Waals surface area contributed by atoms with Crippen molar-refractivity contribution < 1.29 is 9.84 Å². The number of hydrogen-bond donors (Lipinski definition) is 2. The quantitative estimate of drug-likeness (QED) is 0.846. The molecule has 2 aliphatic rings. The number of aromatic nitrogens is 3. The van der Waals surface area contributed by atoms with Gasteiger partial charge in [-0.15, -0.1) is 0 Å². The van der Waals surface area contributed by atoms with E-state index in [0.29, 0.717) is 18.5 Å². The van der Waals surface area contributed by atoms with E-state index in [9.17, 15) is 5.11 Å². The van der Waals surface area contributed by atoms with Crippen molar-refractivity contribution in [1.82, 2.24) is 20.1 Å². The van der Waals surface area contributed by atoms with Gasteiger partial charge in [0.1, 0.15) is 12.2 Å². The highest BCUT2D eigenvalue weighted by Gasteiger charge is 2.54. The van der Waals surface area contributed by atoms with E-state index in [1.165, 1.54) is 0 Å². The molecule has 1 saturated heterocycles. The van der Waals surface area contributed by atoms with Gasteiger partial charge in [0.15, 0.2) is 0 Å². The van der Waals surface area contributed by atoms with Crippen molar-refractivity contribution in [3.63, 3.8) is 0 Å². The molecule has 1 aliphatic carbocycles. The molecule has 0 radical (unpaired) electrons. The number of rotatable bonds is 5. The number of aliphatic hydroxyl groups excluding tert-OH is 1. The van der Waals surface area contributed by atoms with Gasteiger partial charge in [-0.05, 0) is 25.2 Å². The SMILES string of the molecule is CC(C)Cn1ncnc1CN[C@@H]1C[C@@H](O)C12CCOCC2.